The van der Waals surface area contributed by atoms with Crippen molar-refractivity contribution in [1.82, 2.24) is 0 Å². The van der Waals surface area contributed by atoms with Crippen molar-refractivity contribution in [3.63, 3.8) is 0 Å². The largest absolute Gasteiger partial charge is 0.456 e. The van der Waals surface area contributed by atoms with Gasteiger partial charge >= 0.3 is 5.97 Å². The van der Waals surface area contributed by atoms with Gasteiger partial charge in [-0.05, 0) is 42.5 Å². The van der Waals surface area contributed by atoms with Gasteiger partial charge in [0.1, 0.15) is 5.82 Å². The molecule has 8 heteroatoms. The molecule has 1 N–H and O–H groups in total. The third-order valence-corrected chi connectivity index (χ3v) is 6.06. The minimum Gasteiger partial charge on any atom is -0.456 e. The van der Waals surface area contributed by atoms with E-state index in [0.29, 0.717) is 12.2 Å². The van der Waals surface area contributed by atoms with Crippen LogP contribution in [0.3, 0.4) is 0 Å². The highest BCUT2D eigenvalue weighted by atomic mass is 35.5. The zero-order chi connectivity index (χ0) is 21.8. The summed E-state index contributed by atoms with van der Waals surface area (Å²) in [5.41, 5.74) is 2.39. The van der Waals surface area contributed by atoms with Gasteiger partial charge in [0, 0.05) is 22.0 Å². The van der Waals surface area contributed by atoms with Gasteiger partial charge in [-0.2, -0.15) is 0 Å². The number of rotatable bonds is 6. The molecule has 0 atom stereocenters. The maximum absolute atomic E-state index is 13.2. The normalized spacial score (nSPS) is 12.0. The molecule has 1 amide bonds. The number of anilines is 3. The average Bonchev–Trinajstić information content (AvgIpc) is 2.77. The number of hydrogen-bond donors (Lipinski definition) is 1. The van der Waals surface area contributed by atoms with E-state index in [2.05, 4.69) is 10.2 Å². The predicted molar refractivity (Wildman–Crippen MR) is 120 cm³/mol. The molecular weight excluding hydrogens is 439 g/mol. The molecule has 1 aliphatic rings. The molecule has 4 rings (SSSR count). The zero-order valence-electron chi connectivity index (χ0n) is 16.3. The zero-order valence-corrected chi connectivity index (χ0v) is 17.9. The van der Waals surface area contributed by atoms with E-state index in [0.717, 1.165) is 27.2 Å². The highest BCUT2D eigenvalue weighted by Crippen LogP contribution is 2.47. The van der Waals surface area contributed by atoms with Crippen LogP contribution in [0.15, 0.2) is 76.5 Å². The lowest BCUT2D eigenvalue weighted by Gasteiger charge is -2.32. The van der Waals surface area contributed by atoms with E-state index in [-0.39, 0.29) is 11.4 Å². The van der Waals surface area contributed by atoms with Gasteiger partial charge in [-0.25, -0.2) is 4.39 Å². The summed E-state index contributed by atoms with van der Waals surface area (Å²) in [5, 5.41) is 2.41. The van der Waals surface area contributed by atoms with Gasteiger partial charge in [0.25, 0.3) is 5.91 Å². The number of nitrogens with zero attached hydrogens (tertiary/aromatic N) is 1. The molecule has 0 saturated carbocycles. The lowest BCUT2D eigenvalue weighted by molar-refractivity contribution is -0.147. The summed E-state index contributed by atoms with van der Waals surface area (Å²) >= 11 is 7.39. The monoisotopic (exact) mass is 456 g/mol. The lowest BCUT2D eigenvalue weighted by atomic mass is 10.2. The third kappa shape index (κ3) is 5.00. The van der Waals surface area contributed by atoms with Crippen molar-refractivity contribution in [2.45, 2.75) is 16.2 Å². The van der Waals surface area contributed by atoms with Gasteiger partial charge < -0.3 is 15.0 Å². The number of fused-ring (bicyclic) bond motifs is 2. The highest BCUT2D eigenvalue weighted by molar-refractivity contribution is 7.99. The van der Waals surface area contributed by atoms with Crippen LogP contribution in [-0.4, -0.2) is 25.0 Å². The van der Waals surface area contributed by atoms with Gasteiger partial charge in [-0.3, -0.25) is 9.59 Å². The lowest BCUT2D eigenvalue weighted by Crippen LogP contribution is -2.26. The van der Waals surface area contributed by atoms with Crippen LogP contribution in [0, 0.1) is 5.82 Å². The first kappa shape index (κ1) is 21.2. The predicted octanol–water partition coefficient (Wildman–Crippen LogP) is 5.65. The molecule has 0 radical (unpaired) electrons. The fraction of sp³-hybridized carbons (Fsp3) is 0.130. The number of hydrogen-bond acceptors (Lipinski definition) is 5. The van der Waals surface area contributed by atoms with Gasteiger partial charge in [-0.1, -0.05) is 47.6 Å². The maximum atomic E-state index is 13.2. The Labute approximate surface area is 188 Å². The van der Waals surface area contributed by atoms with Crippen LogP contribution in [0.2, 0.25) is 5.02 Å². The fourth-order valence-corrected chi connectivity index (χ4v) is 4.49. The van der Waals surface area contributed by atoms with E-state index in [4.69, 9.17) is 16.3 Å². The van der Waals surface area contributed by atoms with Crippen molar-refractivity contribution in [3.05, 3.63) is 77.6 Å². The fourth-order valence-electron chi connectivity index (χ4n) is 3.21. The van der Waals surface area contributed by atoms with E-state index >= 15 is 0 Å². The Kier molecular flexibility index (Phi) is 6.44. The molecule has 0 unspecified atom stereocenters. The molecule has 3 aromatic carbocycles. The molecule has 0 saturated heterocycles. The molecule has 1 heterocycles. The molecule has 0 fully saturated rings. The van der Waals surface area contributed by atoms with E-state index < -0.39 is 24.3 Å². The number of carbonyl (C=O) groups excluding carboxylic acids is 2. The Hall–Kier alpha value is -3.03. The summed E-state index contributed by atoms with van der Waals surface area (Å²) in [5.74, 6) is -1.59. The van der Waals surface area contributed by atoms with Crippen LogP contribution in [0.25, 0.3) is 0 Å². The number of nitrogens with one attached hydrogen (secondary N) is 1. The molecular formula is C23H18ClFN2O3S. The first-order chi connectivity index (χ1) is 15.0. The topological polar surface area (TPSA) is 58.6 Å². The Morgan fingerprint density at radius 2 is 1.65 bits per heavy atom. The van der Waals surface area contributed by atoms with Gasteiger partial charge in [0.15, 0.2) is 6.61 Å². The average molecular weight is 457 g/mol. The molecule has 158 valence electrons. The number of benzene rings is 3. The first-order valence-electron chi connectivity index (χ1n) is 9.55. The Bertz CT molecular complexity index is 1100. The summed E-state index contributed by atoms with van der Waals surface area (Å²) in [6.45, 7) is -0.0144. The number of amides is 1. The van der Waals surface area contributed by atoms with Crippen LogP contribution >= 0.6 is 23.4 Å². The SMILES string of the molecule is O=C(COC(=O)CCN1c2ccccc2Sc2ccccc21)Nc1ccc(F)c(Cl)c1. The first-order valence-corrected chi connectivity index (χ1v) is 10.7. The number of carbonyl (C=O) groups is 2. The molecule has 31 heavy (non-hydrogen) atoms. The van der Waals surface area contributed by atoms with Crippen LogP contribution in [-0.2, 0) is 14.3 Å². The van der Waals surface area contributed by atoms with E-state index in [9.17, 15) is 14.0 Å². The summed E-state index contributed by atoms with van der Waals surface area (Å²) in [7, 11) is 0. The van der Waals surface area contributed by atoms with Crippen molar-refractivity contribution in [2.75, 3.05) is 23.4 Å². The number of esters is 1. The van der Waals surface area contributed by atoms with E-state index in [1.807, 2.05) is 48.5 Å². The van der Waals surface area contributed by atoms with Crippen molar-refractivity contribution in [2.24, 2.45) is 0 Å². The molecule has 0 bridgehead atoms. The summed E-state index contributed by atoms with van der Waals surface area (Å²) in [6, 6.07) is 19.9. The van der Waals surface area contributed by atoms with Crippen LogP contribution in [0.5, 0.6) is 0 Å². The quantitative estimate of drug-likeness (QED) is 0.485. The molecule has 0 spiro atoms. The minimum absolute atomic E-state index is 0.102. The molecule has 1 aliphatic heterocycles. The van der Waals surface area contributed by atoms with Crippen LogP contribution in [0.1, 0.15) is 6.42 Å². The highest BCUT2D eigenvalue weighted by Gasteiger charge is 2.23. The molecule has 0 aliphatic carbocycles. The minimum atomic E-state index is -0.578. The van der Waals surface area contributed by atoms with Gasteiger partial charge in [-0.15, -0.1) is 0 Å². The molecule has 3 aromatic rings. The standard InChI is InChI=1S/C23H18ClFN2O3S/c24-16-13-15(9-10-17(16)25)26-22(28)14-30-23(29)11-12-27-18-5-1-3-7-20(18)31-21-8-4-2-6-19(21)27/h1-10,13H,11-12,14H2,(H,26,28). The Morgan fingerprint density at radius 3 is 2.29 bits per heavy atom. The number of halogens is 2. The van der Waals surface area contributed by atoms with E-state index in [1.165, 1.54) is 12.1 Å². The van der Waals surface area contributed by atoms with Crippen LogP contribution < -0.4 is 10.2 Å². The Balaban J connectivity index is 1.34. The van der Waals surface area contributed by atoms with Gasteiger partial charge in [0.2, 0.25) is 0 Å². The van der Waals surface area contributed by atoms with Crippen molar-refractivity contribution < 1.29 is 18.7 Å². The number of ether oxygens (including phenoxy) is 1. The summed E-state index contributed by atoms with van der Waals surface area (Å²) in [6.07, 6.45) is 0.114. The van der Waals surface area contributed by atoms with E-state index in [1.54, 1.807) is 11.8 Å². The molecule has 5 nitrogen and oxygen atoms in total. The summed E-state index contributed by atoms with van der Waals surface area (Å²) < 4.78 is 18.3. The van der Waals surface area contributed by atoms with Crippen LogP contribution in [0.4, 0.5) is 21.5 Å². The van der Waals surface area contributed by atoms with Gasteiger partial charge in [0.05, 0.1) is 22.8 Å². The number of para-hydroxylation sites is 2. The second-order valence-corrected chi connectivity index (χ2v) is 8.27. The second-order valence-electron chi connectivity index (χ2n) is 6.78. The Morgan fingerprint density at radius 1 is 1.00 bits per heavy atom. The second kappa shape index (κ2) is 9.41. The third-order valence-electron chi connectivity index (χ3n) is 4.64. The maximum Gasteiger partial charge on any atom is 0.308 e. The van der Waals surface area contributed by atoms with Crippen molar-refractivity contribution in [3.8, 4) is 0 Å². The van der Waals surface area contributed by atoms with Crippen molar-refractivity contribution in [1.29, 1.82) is 0 Å². The molecule has 0 aromatic heterocycles. The van der Waals surface area contributed by atoms with Crippen molar-refractivity contribution >= 4 is 52.3 Å². The summed E-state index contributed by atoms with van der Waals surface area (Å²) in [4.78, 5) is 28.6. The smallest absolute Gasteiger partial charge is 0.308 e.